The highest BCUT2D eigenvalue weighted by atomic mass is 79.9. The Balaban J connectivity index is 2.79. The number of nitrogens with zero attached hydrogens (tertiary/aromatic N) is 1. The molecule has 0 amide bonds. The van der Waals surface area contributed by atoms with Crippen molar-refractivity contribution in [3.8, 4) is 11.8 Å². The first kappa shape index (κ1) is 9.50. The standard InChI is InChI=1S/C10H6BrNOS/c1-13-9-2-6(11)3-10-8(9)4-7(5-12)14-10/h2-4H,1H3. The number of hydrogen-bond acceptors (Lipinski definition) is 3. The molecule has 0 unspecified atom stereocenters. The van der Waals surface area contributed by atoms with Gasteiger partial charge in [-0.3, -0.25) is 0 Å². The van der Waals surface area contributed by atoms with Crippen LogP contribution in [0.2, 0.25) is 0 Å². The van der Waals surface area contributed by atoms with Crippen LogP contribution in [0.25, 0.3) is 10.1 Å². The molecule has 0 aliphatic heterocycles. The minimum Gasteiger partial charge on any atom is -0.496 e. The lowest BCUT2D eigenvalue weighted by Crippen LogP contribution is -1.82. The van der Waals surface area contributed by atoms with E-state index in [0.717, 1.165) is 20.3 Å². The van der Waals surface area contributed by atoms with Crippen LogP contribution < -0.4 is 4.74 Å². The van der Waals surface area contributed by atoms with Crippen LogP contribution in [-0.4, -0.2) is 7.11 Å². The first-order valence-electron chi connectivity index (χ1n) is 3.92. The van der Waals surface area contributed by atoms with Gasteiger partial charge >= 0.3 is 0 Å². The van der Waals surface area contributed by atoms with Crippen molar-refractivity contribution in [1.29, 1.82) is 5.26 Å². The predicted molar refractivity (Wildman–Crippen MR) is 60.8 cm³/mol. The predicted octanol–water partition coefficient (Wildman–Crippen LogP) is 3.54. The molecule has 14 heavy (non-hydrogen) atoms. The summed E-state index contributed by atoms with van der Waals surface area (Å²) in [4.78, 5) is 0.705. The Morgan fingerprint density at radius 3 is 2.86 bits per heavy atom. The highest BCUT2D eigenvalue weighted by molar-refractivity contribution is 9.10. The third-order valence-electron chi connectivity index (χ3n) is 1.89. The summed E-state index contributed by atoms with van der Waals surface area (Å²) in [5.74, 6) is 0.798. The lowest BCUT2D eigenvalue weighted by Gasteiger charge is -2.01. The fourth-order valence-corrected chi connectivity index (χ4v) is 2.80. The first-order chi connectivity index (χ1) is 6.74. The van der Waals surface area contributed by atoms with E-state index in [1.807, 2.05) is 18.2 Å². The zero-order valence-corrected chi connectivity index (χ0v) is 9.78. The largest absolute Gasteiger partial charge is 0.496 e. The highest BCUT2D eigenvalue weighted by Gasteiger charge is 2.07. The van der Waals surface area contributed by atoms with Crippen molar-refractivity contribution >= 4 is 37.4 Å². The van der Waals surface area contributed by atoms with Gasteiger partial charge in [0.2, 0.25) is 0 Å². The number of ether oxygens (including phenoxy) is 1. The average molecular weight is 268 g/mol. The van der Waals surface area contributed by atoms with Crippen molar-refractivity contribution < 1.29 is 4.74 Å². The fraction of sp³-hybridized carbons (Fsp3) is 0.100. The van der Waals surface area contributed by atoms with E-state index >= 15 is 0 Å². The summed E-state index contributed by atoms with van der Waals surface area (Å²) in [5.41, 5.74) is 0. The van der Waals surface area contributed by atoms with Crippen molar-refractivity contribution in [2.75, 3.05) is 7.11 Å². The molecule has 1 heterocycles. The SMILES string of the molecule is COc1cc(Br)cc2sc(C#N)cc12. The second-order valence-electron chi connectivity index (χ2n) is 2.74. The molecule has 0 bridgehead atoms. The summed E-state index contributed by atoms with van der Waals surface area (Å²) in [6.45, 7) is 0. The van der Waals surface area contributed by atoms with Gasteiger partial charge in [0.1, 0.15) is 16.7 Å². The first-order valence-corrected chi connectivity index (χ1v) is 5.52. The third-order valence-corrected chi connectivity index (χ3v) is 3.34. The van der Waals surface area contributed by atoms with Crippen LogP contribution in [0.5, 0.6) is 5.75 Å². The topological polar surface area (TPSA) is 33.0 Å². The Bertz CT molecular complexity index is 527. The minimum atomic E-state index is 0.705. The van der Waals surface area contributed by atoms with E-state index in [2.05, 4.69) is 22.0 Å². The van der Waals surface area contributed by atoms with Crippen LogP contribution in [0.4, 0.5) is 0 Å². The van der Waals surface area contributed by atoms with E-state index in [0.29, 0.717) is 4.88 Å². The number of thiophene rings is 1. The second kappa shape index (κ2) is 3.60. The number of methoxy groups -OCH3 is 1. The molecular weight excluding hydrogens is 262 g/mol. The van der Waals surface area contributed by atoms with Gasteiger partial charge in [-0.15, -0.1) is 11.3 Å². The summed E-state index contributed by atoms with van der Waals surface area (Å²) < 4.78 is 7.26. The lowest BCUT2D eigenvalue weighted by molar-refractivity contribution is 0.419. The average Bonchev–Trinajstić information content (AvgIpc) is 2.59. The van der Waals surface area contributed by atoms with Gasteiger partial charge in [-0.2, -0.15) is 5.26 Å². The van der Waals surface area contributed by atoms with E-state index in [1.165, 1.54) is 11.3 Å². The maximum absolute atomic E-state index is 8.78. The van der Waals surface area contributed by atoms with Crippen LogP contribution in [0.1, 0.15) is 4.88 Å². The van der Waals surface area contributed by atoms with Crippen LogP contribution in [0.15, 0.2) is 22.7 Å². The Morgan fingerprint density at radius 2 is 2.21 bits per heavy atom. The summed E-state index contributed by atoms with van der Waals surface area (Å²) in [6.07, 6.45) is 0. The molecule has 0 spiro atoms. The van der Waals surface area contributed by atoms with Crippen molar-refractivity contribution in [1.82, 2.24) is 0 Å². The molecule has 1 aromatic carbocycles. The van der Waals surface area contributed by atoms with Crippen LogP contribution in [0.3, 0.4) is 0 Å². The molecule has 4 heteroatoms. The number of nitriles is 1. The Labute approximate surface area is 93.9 Å². The van der Waals surface area contributed by atoms with Crippen LogP contribution in [0, 0.1) is 11.3 Å². The number of fused-ring (bicyclic) bond motifs is 1. The van der Waals surface area contributed by atoms with Gasteiger partial charge in [-0.25, -0.2) is 0 Å². The highest BCUT2D eigenvalue weighted by Crippen LogP contribution is 2.35. The van der Waals surface area contributed by atoms with E-state index in [1.54, 1.807) is 7.11 Å². The zero-order valence-electron chi connectivity index (χ0n) is 7.37. The molecular formula is C10H6BrNOS. The molecule has 2 nitrogen and oxygen atoms in total. The van der Waals surface area contributed by atoms with Gasteiger partial charge in [0, 0.05) is 14.6 Å². The van der Waals surface area contributed by atoms with E-state index in [-0.39, 0.29) is 0 Å². The molecule has 1 aromatic heterocycles. The number of rotatable bonds is 1. The molecule has 0 radical (unpaired) electrons. The van der Waals surface area contributed by atoms with Gasteiger partial charge in [0.15, 0.2) is 0 Å². The summed E-state index contributed by atoms with van der Waals surface area (Å²) >= 11 is 4.87. The summed E-state index contributed by atoms with van der Waals surface area (Å²) in [5, 5.41) is 9.78. The van der Waals surface area contributed by atoms with E-state index < -0.39 is 0 Å². The second-order valence-corrected chi connectivity index (χ2v) is 4.74. The maximum Gasteiger partial charge on any atom is 0.128 e. The molecule has 0 atom stereocenters. The Morgan fingerprint density at radius 1 is 1.43 bits per heavy atom. The molecule has 0 aliphatic carbocycles. The Hall–Kier alpha value is -1.05. The minimum absolute atomic E-state index is 0.705. The van der Waals surface area contributed by atoms with E-state index in [4.69, 9.17) is 10.00 Å². The van der Waals surface area contributed by atoms with Crippen molar-refractivity contribution in [3.05, 3.63) is 27.5 Å². The number of halogens is 1. The van der Waals surface area contributed by atoms with Crippen molar-refractivity contribution in [2.45, 2.75) is 0 Å². The maximum atomic E-state index is 8.78. The number of benzene rings is 1. The third kappa shape index (κ3) is 1.49. The molecule has 0 saturated carbocycles. The zero-order chi connectivity index (χ0) is 10.1. The van der Waals surface area contributed by atoms with Gasteiger partial charge in [0.25, 0.3) is 0 Å². The van der Waals surface area contributed by atoms with Gasteiger partial charge < -0.3 is 4.74 Å². The summed E-state index contributed by atoms with van der Waals surface area (Å²) in [7, 11) is 1.63. The summed E-state index contributed by atoms with van der Waals surface area (Å²) in [6, 6.07) is 7.88. The van der Waals surface area contributed by atoms with Crippen LogP contribution >= 0.6 is 27.3 Å². The molecule has 0 N–H and O–H groups in total. The molecule has 0 saturated heterocycles. The van der Waals surface area contributed by atoms with Gasteiger partial charge in [0.05, 0.1) is 7.11 Å². The smallest absolute Gasteiger partial charge is 0.128 e. The Kier molecular flexibility index (Phi) is 2.44. The van der Waals surface area contributed by atoms with Crippen molar-refractivity contribution in [3.63, 3.8) is 0 Å². The molecule has 0 aliphatic rings. The molecule has 2 aromatic rings. The fourth-order valence-electron chi connectivity index (χ4n) is 1.30. The quantitative estimate of drug-likeness (QED) is 0.792. The van der Waals surface area contributed by atoms with Crippen LogP contribution in [-0.2, 0) is 0 Å². The normalized spacial score (nSPS) is 10.1. The monoisotopic (exact) mass is 267 g/mol. The molecule has 0 fully saturated rings. The van der Waals surface area contributed by atoms with Gasteiger partial charge in [-0.05, 0) is 18.2 Å². The van der Waals surface area contributed by atoms with Gasteiger partial charge in [-0.1, -0.05) is 15.9 Å². The van der Waals surface area contributed by atoms with E-state index in [9.17, 15) is 0 Å². The molecule has 2 rings (SSSR count). The molecule has 70 valence electrons. The van der Waals surface area contributed by atoms with Crippen molar-refractivity contribution in [2.24, 2.45) is 0 Å². The lowest BCUT2D eigenvalue weighted by atomic mass is 10.2. The number of hydrogen-bond donors (Lipinski definition) is 0.